The molecule has 1 aliphatic rings. The van der Waals surface area contributed by atoms with Gasteiger partial charge in [0.2, 0.25) is 0 Å². The van der Waals surface area contributed by atoms with Crippen molar-refractivity contribution in [3.8, 4) is 0 Å². The normalized spacial score (nSPS) is 16.5. The van der Waals surface area contributed by atoms with E-state index in [0.717, 1.165) is 56.5 Å². The number of likely N-dealkylation sites (tertiary alicyclic amines) is 1. The number of nitrogens with zero attached hydrogens (tertiary/aromatic N) is 6. The molecule has 6 nitrogen and oxygen atoms in total. The summed E-state index contributed by atoms with van der Waals surface area (Å²) in [6.07, 6.45) is 9.62. The number of rotatable bonds is 7. The lowest BCUT2D eigenvalue weighted by Gasteiger charge is -2.31. The SMILES string of the molecule is CCn1cc(CN2CCC(Cc3cnc(CN(C)C)cn3)CC2)c(C)n1. The maximum absolute atomic E-state index is 4.62. The third-order valence-electron chi connectivity index (χ3n) is 5.21. The average Bonchev–Trinajstić information content (AvgIpc) is 2.98. The van der Waals surface area contributed by atoms with Gasteiger partial charge in [0, 0.05) is 37.6 Å². The molecular formula is C20H32N6. The Hall–Kier alpha value is -1.79. The summed E-state index contributed by atoms with van der Waals surface area (Å²) in [5, 5.41) is 4.56. The van der Waals surface area contributed by atoms with E-state index in [0.29, 0.717) is 0 Å². The fourth-order valence-electron chi connectivity index (χ4n) is 3.65. The molecule has 0 aromatic carbocycles. The van der Waals surface area contributed by atoms with Crippen LogP contribution in [-0.4, -0.2) is 56.7 Å². The molecule has 6 heteroatoms. The van der Waals surface area contributed by atoms with Crippen molar-refractivity contribution in [2.75, 3.05) is 27.2 Å². The van der Waals surface area contributed by atoms with Crippen LogP contribution in [-0.2, 0) is 26.1 Å². The summed E-state index contributed by atoms with van der Waals surface area (Å²) in [5.41, 5.74) is 4.71. The zero-order chi connectivity index (χ0) is 18.5. The van der Waals surface area contributed by atoms with E-state index < -0.39 is 0 Å². The van der Waals surface area contributed by atoms with Crippen LogP contribution in [0.3, 0.4) is 0 Å². The summed E-state index contributed by atoms with van der Waals surface area (Å²) in [4.78, 5) is 13.9. The van der Waals surface area contributed by atoms with Gasteiger partial charge in [0.15, 0.2) is 0 Å². The Kier molecular flexibility index (Phi) is 6.38. The molecule has 3 rings (SSSR count). The van der Waals surface area contributed by atoms with Crippen molar-refractivity contribution < 1.29 is 0 Å². The number of aromatic nitrogens is 4. The van der Waals surface area contributed by atoms with Crippen molar-refractivity contribution in [3.63, 3.8) is 0 Å². The van der Waals surface area contributed by atoms with Crippen LogP contribution in [0.5, 0.6) is 0 Å². The van der Waals surface area contributed by atoms with E-state index in [-0.39, 0.29) is 0 Å². The highest BCUT2D eigenvalue weighted by Gasteiger charge is 2.21. The van der Waals surface area contributed by atoms with Gasteiger partial charge < -0.3 is 4.90 Å². The van der Waals surface area contributed by atoms with Crippen LogP contribution in [0.4, 0.5) is 0 Å². The smallest absolute Gasteiger partial charge is 0.0726 e. The zero-order valence-corrected chi connectivity index (χ0v) is 16.6. The number of aryl methyl sites for hydroxylation is 2. The molecule has 1 fully saturated rings. The fraction of sp³-hybridized carbons (Fsp3) is 0.650. The minimum absolute atomic E-state index is 0.722. The number of hydrogen-bond acceptors (Lipinski definition) is 5. The molecule has 26 heavy (non-hydrogen) atoms. The molecule has 0 unspecified atom stereocenters. The minimum Gasteiger partial charge on any atom is -0.304 e. The van der Waals surface area contributed by atoms with Gasteiger partial charge >= 0.3 is 0 Å². The first-order valence-electron chi connectivity index (χ1n) is 9.73. The van der Waals surface area contributed by atoms with Gasteiger partial charge in [-0.15, -0.1) is 0 Å². The molecule has 0 N–H and O–H groups in total. The van der Waals surface area contributed by atoms with Crippen LogP contribution >= 0.6 is 0 Å². The Labute approximate surface area is 157 Å². The molecule has 1 aliphatic heterocycles. The van der Waals surface area contributed by atoms with E-state index in [1.807, 2.05) is 17.1 Å². The summed E-state index contributed by atoms with van der Waals surface area (Å²) in [6.45, 7) is 9.39. The third-order valence-corrected chi connectivity index (χ3v) is 5.21. The van der Waals surface area contributed by atoms with Gasteiger partial charge in [-0.3, -0.25) is 19.5 Å². The molecule has 0 bridgehead atoms. The molecule has 2 aromatic rings. The molecule has 1 saturated heterocycles. The van der Waals surface area contributed by atoms with Crippen LogP contribution in [0, 0.1) is 12.8 Å². The maximum atomic E-state index is 4.62. The van der Waals surface area contributed by atoms with Crippen LogP contribution in [0.15, 0.2) is 18.6 Å². The topological polar surface area (TPSA) is 50.1 Å². The average molecular weight is 357 g/mol. The van der Waals surface area contributed by atoms with Crippen LogP contribution in [0.2, 0.25) is 0 Å². The van der Waals surface area contributed by atoms with Crippen molar-refractivity contribution in [2.45, 2.75) is 52.7 Å². The Morgan fingerprint density at radius 3 is 2.38 bits per heavy atom. The number of piperidine rings is 1. The molecular weight excluding hydrogens is 324 g/mol. The molecule has 142 valence electrons. The fourth-order valence-corrected chi connectivity index (χ4v) is 3.65. The van der Waals surface area contributed by atoms with Gasteiger partial charge in [0.1, 0.15) is 0 Å². The highest BCUT2D eigenvalue weighted by molar-refractivity contribution is 5.15. The Balaban J connectivity index is 1.46. The van der Waals surface area contributed by atoms with Crippen LogP contribution in [0.25, 0.3) is 0 Å². The minimum atomic E-state index is 0.722. The van der Waals surface area contributed by atoms with Crippen molar-refractivity contribution in [1.29, 1.82) is 0 Å². The summed E-state index contributed by atoms with van der Waals surface area (Å²) in [5.74, 6) is 0.722. The van der Waals surface area contributed by atoms with E-state index in [4.69, 9.17) is 0 Å². The van der Waals surface area contributed by atoms with Crippen molar-refractivity contribution in [2.24, 2.45) is 5.92 Å². The summed E-state index contributed by atoms with van der Waals surface area (Å²) < 4.78 is 2.04. The Morgan fingerprint density at radius 1 is 1.12 bits per heavy atom. The molecule has 0 saturated carbocycles. The van der Waals surface area contributed by atoms with Crippen molar-refractivity contribution in [3.05, 3.63) is 41.2 Å². The summed E-state index contributed by atoms with van der Waals surface area (Å²) >= 11 is 0. The van der Waals surface area contributed by atoms with Crippen molar-refractivity contribution >= 4 is 0 Å². The lowest BCUT2D eigenvalue weighted by atomic mass is 9.92. The maximum Gasteiger partial charge on any atom is 0.0726 e. The van der Waals surface area contributed by atoms with Crippen LogP contribution in [0.1, 0.15) is 42.4 Å². The molecule has 0 atom stereocenters. The lowest BCUT2D eigenvalue weighted by molar-refractivity contribution is 0.176. The highest BCUT2D eigenvalue weighted by Crippen LogP contribution is 2.22. The second-order valence-corrected chi connectivity index (χ2v) is 7.76. The van der Waals surface area contributed by atoms with Gasteiger partial charge in [0.25, 0.3) is 0 Å². The van der Waals surface area contributed by atoms with E-state index in [1.165, 1.54) is 24.1 Å². The third kappa shape index (κ3) is 5.11. The van der Waals surface area contributed by atoms with Gasteiger partial charge in [-0.2, -0.15) is 5.10 Å². The standard InChI is InChI=1S/C20H32N6/c1-5-26-14-18(16(2)23-26)13-25-8-6-17(7-9-25)10-19-11-22-20(12-21-19)15-24(3)4/h11-12,14,17H,5-10,13,15H2,1-4H3. The first-order chi connectivity index (χ1) is 12.5. The number of hydrogen-bond donors (Lipinski definition) is 0. The largest absolute Gasteiger partial charge is 0.304 e. The molecule has 3 heterocycles. The van der Waals surface area contributed by atoms with Crippen LogP contribution < -0.4 is 0 Å². The predicted molar refractivity (Wildman–Crippen MR) is 104 cm³/mol. The lowest BCUT2D eigenvalue weighted by Crippen LogP contribution is -2.34. The van der Waals surface area contributed by atoms with Gasteiger partial charge in [-0.1, -0.05) is 0 Å². The molecule has 0 radical (unpaired) electrons. The van der Waals surface area contributed by atoms with Gasteiger partial charge in [0.05, 0.1) is 23.3 Å². The monoisotopic (exact) mass is 356 g/mol. The zero-order valence-electron chi connectivity index (χ0n) is 16.6. The Bertz CT molecular complexity index is 683. The molecule has 0 spiro atoms. The summed E-state index contributed by atoms with van der Waals surface area (Å²) in [6, 6.07) is 0. The van der Waals surface area contributed by atoms with E-state index in [9.17, 15) is 0 Å². The molecule has 2 aromatic heterocycles. The van der Waals surface area contributed by atoms with E-state index in [1.54, 1.807) is 0 Å². The van der Waals surface area contributed by atoms with Gasteiger partial charge in [-0.25, -0.2) is 0 Å². The van der Waals surface area contributed by atoms with Gasteiger partial charge in [-0.05, 0) is 66.2 Å². The van der Waals surface area contributed by atoms with E-state index in [2.05, 4.69) is 59.0 Å². The second-order valence-electron chi connectivity index (χ2n) is 7.76. The summed E-state index contributed by atoms with van der Waals surface area (Å²) in [7, 11) is 4.11. The second kappa shape index (κ2) is 8.73. The first kappa shape index (κ1) is 19.0. The molecule has 0 aliphatic carbocycles. The van der Waals surface area contributed by atoms with E-state index >= 15 is 0 Å². The molecule has 0 amide bonds. The highest BCUT2D eigenvalue weighted by atomic mass is 15.3. The predicted octanol–water partition coefficient (Wildman–Crippen LogP) is 2.52. The quantitative estimate of drug-likeness (QED) is 0.763. The Morgan fingerprint density at radius 2 is 1.81 bits per heavy atom. The van der Waals surface area contributed by atoms with Crippen molar-refractivity contribution in [1.82, 2.24) is 29.5 Å². The first-order valence-corrected chi connectivity index (χ1v) is 9.73.